The highest BCUT2D eigenvalue weighted by atomic mass is 16.4. The Bertz CT molecular complexity index is 449. The van der Waals surface area contributed by atoms with Crippen molar-refractivity contribution in [2.45, 2.75) is 19.7 Å². The van der Waals surface area contributed by atoms with Crippen LogP contribution in [0.15, 0.2) is 22.9 Å². The average Bonchev–Trinajstić information content (AvgIpc) is 2.88. The average molecular weight is 222 g/mol. The molecular weight excluding hydrogens is 208 g/mol. The van der Waals surface area contributed by atoms with Crippen molar-refractivity contribution >= 4 is 0 Å². The Morgan fingerprint density at radius 3 is 2.81 bits per heavy atom. The Morgan fingerprint density at radius 2 is 2.19 bits per heavy atom. The van der Waals surface area contributed by atoms with Gasteiger partial charge in [0.2, 0.25) is 0 Å². The fourth-order valence-electron chi connectivity index (χ4n) is 1.36. The Labute approximate surface area is 92.9 Å². The largest absolute Gasteiger partial charge is 0.462 e. The summed E-state index contributed by atoms with van der Waals surface area (Å²) >= 11 is 0. The molecule has 0 aliphatic rings. The Morgan fingerprint density at radius 1 is 1.38 bits per heavy atom. The van der Waals surface area contributed by atoms with Crippen LogP contribution in [0.2, 0.25) is 0 Å². The van der Waals surface area contributed by atoms with E-state index in [1.807, 2.05) is 13.1 Å². The van der Waals surface area contributed by atoms with Gasteiger partial charge in [-0.2, -0.15) is 5.10 Å². The van der Waals surface area contributed by atoms with E-state index in [0.717, 1.165) is 11.6 Å². The smallest absolute Gasteiger partial charge is 0.164 e. The number of nitrogens with zero attached hydrogens (tertiary/aromatic N) is 3. The molecule has 0 aliphatic carbocycles. The quantitative estimate of drug-likeness (QED) is 0.755. The lowest BCUT2D eigenvalue weighted by Gasteiger charge is -1.98. The highest BCUT2D eigenvalue weighted by Crippen LogP contribution is 2.07. The third-order valence-electron chi connectivity index (χ3n) is 2.10. The van der Waals surface area contributed by atoms with Gasteiger partial charge in [0.25, 0.3) is 0 Å². The monoisotopic (exact) mass is 222 g/mol. The third-order valence-corrected chi connectivity index (χ3v) is 2.10. The molecule has 2 rings (SSSR count). The molecule has 16 heavy (non-hydrogen) atoms. The maximum Gasteiger partial charge on any atom is 0.164 e. The molecule has 0 spiro atoms. The summed E-state index contributed by atoms with van der Waals surface area (Å²) < 4.78 is 6.98. The molecule has 0 atom stereocenters. The van der Waals surface area contributed by atoms with Crippen LogP contribution in [0, 0.1) is 0 Å². The number of aryl methyl sites for hydroxylation is 1. The number of aliphatic hydroxyl groups is 1. The van der Waals surface area contributed by atoms with Crippen LogP contribution < -0.4 is 5.32 Å². The van der Waals surface area contributed by atoms with Crippen LogP contribution in [0.5, 0.6) is 0 Å². The molecule has 2 aromatic rings. The molecule has 6 nitrogen and oxygen atoms in total. The number of furan rings is 1. The first-order valence-corrected chi connectivity index (χ1v) is 5.01. The number of nitrogens with one attached hydrogen (secondary N) is 1. The van der Waals surface area contributed by atoms with Crippen molar-refractivity contribution in [3.8, 4) is 0 Å². The summed E-state index contributed by atoms with van der Waals surface area (Å²) in [5.74, 6) is 2.11. The minimum absolute atomic E-state index is 0.0677. The molecule has 0 saturated heterocycles. The van der Waals surface area contributed by atoms with Crippen molar-refractivity contribution in [3.05, 3.63) is 35.8 Å². The molecule has 0 aliphatic heterocycles. The molecule has 6 heteroatoms. The van der Waals surface area contributed by atoms with Gasteiger partial charge in [-0.25, -0.2) is 4.98 Å². The highest BCUT2D eigenvalue weighted by Gasteiger charge is 2.02. The van der Waals surface area contributed by atoms with Gasteiger partial charge in [-0.1, -0.05) is 0 Å². The highest BCUT2D eigenvalue weighted by molar-refractivity contribution is 5.06. The van der Waals surface area contributed by atoms with E-state index in [1.165, 1.54) is 0 Å². The van der Waals surface area contributed by atoms with E-state index in [9.17, 15) is 0 Å². The predicted octanol–water partition coefficient (Wildman–Crippen LogP) is 0.190. The van der Waals surface area contributed by atoms with Crippen molar-refractivity contribution in [2.75, 3.05) is 0 Å². The van der Waals surface area contributed by atoms with Crippen LogP contribution in [0.1, 0.15) is 17.3 Å². The topological polar surface area (TPSA) is 76.1 Å². The van der Waals surface area contributed by atoms with Crippen molar-refractivity contribution < 1.29 is 9.52 Å². The number of aromatic nitrogens is 3. The van der Waals surface area contributed by atoms with Gasteiger partial charge in [0.05, 0.1) is 13.1 Å². The van der Waals surface area contributed by atoms with Crippen LogP contribution in [0.3, 0.4) is 0 Å². The molecule has 0 aromatic carbocycles. The van der Waals surface area contributed by atoms with Crippen LogP contribution in [0.25, 0.3) is 0 Å². The van der Waals surface area contributed by atoms with E-state index in [-0.39, 0.29) is 6.61 Å². The van der Waals surface area contributed by atoms with E-state index in [4.69, 9.17) is 9.52 Å². The van der Waals surface area contributed by atoms with E-state index >= 15 is 0 Å². The van der Waals surface area contributed by atoms with Gasteiger partial charge in [-0.3, -0.25) is 4.68 Å². The van der Waals surface area contributed by atoms with E-state index < -0.39 is 0 Å². The van der Waals surface area contributed by atoms with E-state index in [0.29, 0.717) is 18.8 Å². The van der Waals surface area contributed by atoms with Gasteiger partial charge in [0.1, 0.15) is 24.5 Å². The molecule has 0 fully saturated rings. The summed E-state index contributed by atoms with van der Waals surface area (Å²) in [5.41, 5.74) is 0. The summed E-state index contributed by atoms with van der Waals surface area (Å²) in [5, 5.41) is 16.1. The number of rotatable bonds is 5. The van der Waals surface area contributed by atoms with Gasteiger partial charge >= 0.3 is 0 Å². The maximum absolute atomic E-state index is 8.82. The standard InChI is InChI=1S/C10H14N4O2/c1-14-7-12-10(13-14)5-11-4-8-2-3-9(6-15)16-8/h2-3,7,11,15H,4-6H2,1H3. The molecule has 0 bridgehead atoms. The van der Waals surface area contributed by atoms with Crippen LogP contribution in [-0.2, 0) is 26.7 Å². The zero-order valence-corrected chi connectivity index (χ0v) is 9.05. The Kier molecular flexibility index (Phi) is 3.33. The number of aliphatic hydroxyl groups excluding tert-OH is 1. The minimum atomic E-state index is -0.0677. The molecule has 0 amide bonds. The van der Waals surface area contributed by atoms with Crippen LogP contribution in [0.4, 0.5) is 0 Å². The molecule has 86 valence electrons. The van der Waals surface area contributed by atoms with E-state index in [1.54, 1.807) is 17.1 Å². The zero-order valence-electron chi connectivity index (χ0n) is 9.05. The maximum atomic E-state index is 8.82. The normalized spacial score (nSPS) is 10.9. The van der Waals surface area contributed by atoms with Crippen molar-refractivity contribution in [3.63, 3.8) is 0 Å². The van der Waals surface area contributed by atoms with Gasteiger partial charge < -0.3 is 14.8 Å². The fourth-order valence-corrected chi connectivity index (χ4v) is 1.36. The Balaban J connectivity index is 1.79. The van der Waals surface area contributed by atoms with Gasteiger partial charge in [0, 0.05) is 7.05 Å². The second kappa shape index (κ2) is 4.91. The molecule has 0 radical (unpaired) electrons. The number of hydrogen-bond donors (Lipinski definition) is 2. The summed E-state index contributed by atoms with van der Waals surface area (Å²) in [7, 11) is 1.83. The second-order valence-electron chi connectivity index (χ2n) is 3.46. The fraction of sp³-hybridized carbons (Fsp3) is 0.400. The van der Waals surface area contributed by atoms with Gasteiger partial charge in [-0.05, 0) is 12.1 Å². The van der Waals surface area contributed by atoms with Crippen LogP contribution >= 0.6 is 0 Å². The Hall–Kier alpha value is -1.66. The van der Waals surface area contributed by atoms with Gasteiger partial charge in [-0.15, -0.1) is 0 Å². The number of hydrogen-bond acceptors (Lipinski definition) is 5. The first-order chi connectivity index (χ1) is 7.78. The van der Waals surface area contributed by atoms with Crippen molar-refractivity contribution in [1.82, 2.24) is 20.1 Å². The first-order valence-electron chi connectivity index (χ1n) is 5.01. The van der Waals surface area contributed by atoms with Gasteiger partial charge in [0.15, 0.2) is 5.82 Å². The summed E-state index contributed by atoms with van der Waals surface area (Å²) in [6.07, 6.45) is 1.66. The second-order valence-corrected chi connectivity index (χ2v) is 3.46. The predicted molar refractivity (Wildman–Crippen MR) is 56.2 cm³/mol. The lowest BCUT2D eigenvalue weighted by atomic mass is 10.4. The minimum Gasteiger partial charge on any atom is -0.462 e. The zero-order chi connectivity index (χ0) is 11.4. The van der Waals surface area contributed by atoms with E-state index in [2.05, 4.69) is 15.4 Å². The molecule has 0 saturated carbocycles. The van der Waals surface area contributed by atoms with Crippen molar-refractivity contribution in [1.29, 1.82) is 0 Å². The summed E-state index contributed by atoms with van der Waals surface area (Å²) in [4.78, 5) is 4.09. The SMILES string of the molecule is Cn1cnc(CNCc2ccc(CO)o2)n1. The molecular formula is C10H14N4O2. The van der Waals surface area contributed by atoms with Crippen LogP contribution in [-0.4, -0.2) is 19.9 Å². The first kappa shape index (κ1) is 10.8. The molecule has 0 unspecified atom stereocenters. The lowest BCUT2D eigenvalue weighted by Crippen LogP contribution is -2.13. The summed E-state index contributed by atoms with van der Waals surface area (Å²) in [6, 6.07) is 3.60. The lowest BCUT2D eigenvalue weighted by molar-refractivity contribution is 0.242. The molecule has 2 aromatic heterocycles. The third kappa shape index (κ3) is 2.68. The summed E-state index contributed by atoms with van der Waals surface area (Å²) in [6.45, 7) is 1.12. The van der Waals surface area contributed by atoms with Crippen molar-refractivity contribution in [2.24, 2.45) is 7.05 Å². The molecule has 2 heterocycles. The molecule has 2 N–H and O–H groups in total.